The van der Waals surface area contributed by atoms with Gasteiger partial charge in [0.05, 0.1) is 12.2 Å². The number of rotatable bonds is 6. The summed E-state index contributed by atoms with van der Waals surface area (Å²) in [5, 5.41) is 26.2. The summed E-state index contributed by atoms with van der Waals surface area (Å²) in [6.07, 6.45) is 2.30. The van der Waals surface area contributed by atoms with Crippen LogP contribution in [0.25, 0.3) is 0 Å². The lowest BCUT2D eigenvalue weighted by molar-refractivity contribution is -0.138. The third kappa shape index (κ3) is 3.40. The number of hydrazone groups is 1. The van der Waals surface area contributed by atoms with Crippen molar-refractivity contribution in [3.63, 3.8) is 0 Å². The molecule has 1 aliphatic carbocycles. The monoisotopic (exact) mass is 368 g/mol. The van der Waals surface area contributed by atoms with Gasteiger partial charge in [0.1, 0.15) is 11.5 Å². The summed E-state index contributed by atoms with van der Waals surface area (Å²) in [7, 11) is 1.89. The van der Waals surface area contributed by atoms with Gasteiger partial charge in [-0.15, -0.1) is 10.2 Å². The number of amides is 1. The Balaban J connectivity index is 1.46. The molecule has 140 valence electrons. The summed E-state index contributed by atoms with van der Waals surface area (Å²) >= 11 is 0. The Morgan fingerprint density at radius 2 is 1.96 bits per heavy atom. The fourth-order valence-corrected chi connectivity index (χ4v) is 3.15. The molecule has 1 aliphatic heterocycles. The lowest BCUT2D eigenvalue weighted by atomic mass is 10.1. The molecule has 1 aromatic carbocycles. The van der Waals surface area contributed by atoms with Gasteiger partial charge >= 0.3 is 5.97 Å². The molecule has 2 aromatic rings. The first-order valence-electron chi connectivity index (χ1n) is 8.85. The van der Waals surface area contributed by atoms with Crippen molar-refractivity contribution in [2.75, 3.05) is 5.01 Å². The summed E-state index contributed by atoms with van der Waals surface area (Å²) in [6, 6.07) is 8.06. The normalized spacial score (nSPS) is 19.1. The van der Waals surface area contributed by atoms with E-state index >= 15 is 0 Å². The van der Waals surface area contributed by atoms with Crippen molar-refractivity contribution in [3.8, 4) is 0 Å². The van der Waals surface area contributed by atoms with Gasteiger partial charge in [-0.3, -0.25) is 9.80 Å². The third-order valence-corrected chi connectivity index (χ3v) is 4.83. The van der Waals surface area contributed by atoms with Gasteiger partial charge in [0, 0.05) is 19.4 Å². The van der Waals surface area contributed by atoms with E-state index in [0.29, 0.717) is 17.4 Å². The van der Waals surface area contributed by atoms with E-state index in [1.165, 1.54) is 5.01 Å². The zero-order chi connectivity index (χ0) is 19.0. The highest BCUT2D eigenvalue weighted by Crippen LogP contribution is 2.38. The predicted octanol–water partition coefficient (Wildman–Crippen LogP) is 1.03. The Kier molecular flexibility index (Phi) is 4.35. The molecule has 2 heterocycles. The number of carbonyl (C=O) groups is 2. The lowest BCUT2D eigenvalue weighted by Gasteiger charge is -2.19. The number of nitrogens with one attached hydrogen (secondary N) is 1. The van der Waals surface area contributed by atoms with Gasteiger partial charge in [0.15, 0.2) is 11.9 Å². The SMILES string of the molecule is Cn1c(CNC(=O)C2=NN(c3ccccc3)C(C(=O)O)C2)nnc1C1CC1. The molecule has 2 aliphatic rings. The van der Waals surface area contributed by atoms with Crippen molar-refractivity contribution in [3.05, 3.63) is 42.0 Å². The van der Waals surface area contributed by atoms with Crippen LogP contribution in [0.4, 0.5) is 5.69 Å². The second-order valence-corrected chi connectivity index (χ2v) is 6.78. The van der Waals surface area contributed by atoms with E-state index in [9.17, 15) is 14.7 Å². The molecule has 27 heavy (non-hydrogen) atoms. The van der Waals surface area contributed by atoms with Gasteiger partial charge in [-0.1, -0.05) is 18.2 Å². The van der Waals surface area contributed by atoms with Crippen molar-refractivity contribution >= 4 is 23.3 Å². The zero-order valence-electron chi connectivity index (χ0n) is 14.9. The highest BCUT2D eigenvalue weighted by atomic mass is 16.4. The van der Waals surface area contributed by atoms with Gasteiger partial charge < -0.3 is 15.0 Å². The summed E-state index contributed by atoms with van der Waals surface area (Å²) in [5.74, 6) is 0.669. The third-order valence-electron chi connectivity index (χ3n) is 4.83. The smallest absolute Gasteiger partial charge is 0.328 e. The number of carbonyl (C=O) groups excluding carboxylic acids is 1. The van der Waals surface area contributed by atoms with Crippen LogP contribution >= 0.6 is 0 Å². The van der Waals surface area contributed by atoms with Gasteiger partial charge in [-0.05, 0) is 25.0 Å². The molecule has 1 saturated carbocycles. The lowest BCUT2D eigenvalue weighted by Crippen LogP contribution is -2.35. The number of hydrogen-bond acceptors (Lipinski definition) is 6. The molecule has 1 aromatic heterocycles. The van der Waals surface area contributed by atoms with Crippen molar-refractivity contribution < 1.29 is 14.7 Å². The van der Waals surface area contributed by atoms with Gasteiger partial charge in [-0.2, -0.15) is 5.10 Å². The van der Waals surface area contributed by atoms with Crippen LogP contribution in [0.15, 0.2) is 35.4 Å². The van der Waals surface area contributed by atoms with Gasteiger partial charge in [0.25, 0.3) is 5.91 Å². The number of nitrogens with zero attached hydrogens (tertiary/aromatic N) is 5. The number of carboxylic acid groups (broad SMARTS) is 1. The van der Waals surface area contributed by atoms with Crippen molar-refractivity contribution in [2.24, 2.45) is 12.1 Å². The Labute approximate surface area is 155 Å². The molecule has 2 N–H and O–H groups in total. The van der Waals surface area contributed by atoms with Crippen LogP contribution in [0.2, 0.25) is 0 Å². The Morgan fingerprint density at radius 3 is 2.63 bits per heavy atom. The Bertz CT molecular complexity index is 903. The number of aromatic nitrogens is 3. The maximum Gasteiger partial charge on any atom is 0.328 e. The zero-order valence-corrected chi connectivity index (χ0v) is 14.9. The van der Waals surface area contributed by atoms with E-state index in [-0.39, 0.29) is 18.7 Å². The Hall–Kier alpha value is -3.23. The number of para-hydroxylation sites is 1. The fraction of sp³-hybridized carbons (Fsp3) is 0.389. The van der Waals surface area contributed by atoms with Crippen LogP contribution < -0.4 is 10.3 Å². The molecule has 1 amide bonds. The van der Waals surface area contributed by atoms with E-state index in [4.69, 9.17) is 0 Å². The molecular formula is C18H20N6O3. The minimum absolute atomic E-state index is 0.0438. The van der Waals surface area contributed by atoms with E-state index in [2.05, 4.69) is 20.6 Å². The number of carboxylic acids is 1. The first-order chi connectivity index (χ1) is 13.0. The van der Waals surface area contributed by atoms with Crippen LogP contribution in [0, 0.1) is 0 Å². The van der Waals surface area contributed by atoms with Crippen LogP contribution in [0.5, 0.6) is 0 Å². The minimum Gasteiger partial charge on any atom is -0.480 e. The maximum atomic E-state index is 12.5. The largest absolute Gasteiger partial charge is 0.480 e. The summed E-state index contributed by atoms with van der Waals surface area (Å²) in [5.41, 5.74) is 0.825. The molecular weight excluding hydrogens is 348 g/mol. The number of anilines is 1. The number of aliphatic carboxylic acids is 1. The molecule has 0 radical (unpaired) electrons. The predicted molar refractivity (Wildman–Crippen MR) is 97.2 cm³/mol. The molecule has 4 rings (SSSR count). The van der Waals surface area contributed by atoms with E-state index < -0.39 is 17.9 Å². The molecule has 9 heteroatoms. The highest BCUT2D eigenvalue weighted by molar-refractivity contribution is 6.40. The van der Waals surface area contributed by atoms with Crippen LogP contribution in [-0.2, 0) is 23.2 Å². The molecule has 0 spiro atoms. The molecule has 1 fully saturated rings. The standard InChI is InChI=1S/C18H20N6O3/c1-23-15(20-21-16(23)11-7-8-11)10-19-17(25)13-9-14(18(26)27)24(22-13)12-5-3-2-4-6-12/h2-6,11,14H,7-10H2,1H3,(H,19,25)(H,26,27). The summed E-state index contributed by atoms with van der Waals surface area (Å²) in [6.45, 7) is 0.219. The highest BCUT2D eigenvalue weighted by Gasteiger charge is 2.36. The average molecular weight is 368 g/mol. The molecule has 0 bridgehead atoms. The molecule has 9 nitrogen and oxygen atoms in total. The topological polar surface area (TPSA) is 113 Å². The first-order valence-corrected chi connectivity index (χ1v) is 8.85. The molecule has 1 unspecified atom stereocenters. The second-order valence-electron chi connectivity index (χ2n) is 6.78. The minimum atomic E-state index is -1.02. The van der Waals surface area contributed by atoms with Crippen molar-refractivity contribution in [1.82, 2.24) is 20.1 Å². The molecule has 1 atom stereocenters. The second kappa shape index (κ2) is 6.82. The van der Waals surface area contributed by atoms with Gasteiger partial charge in [0.2, 0.25) is 0 Å². The quantitative estimate of drug-likeness (QED) is 0.787. The van der Waals surface area contributed by atoms with Crippen LogP contribution in [0.3, 0.4) is 0 Å². The van der Waals surface area contributed by atoms with E-state index in [1.54, 1.807) is 24.3 Å². The van der Waals surface area contributed by atoms with Crippen molar-refractivity contribution in [2.45, 2.75) is 37.8 Å². The number of benzene rings is 1. The molecule has 0 saturated heterocycles. The van der Waals surface area contributed by atoms with E-state index in [0.717, 1.165) is 18.7 Å². The van der Waals surface area contributed by atoms with Gasteiger partial charge in [-0.25, -0.2) is 4.79 Å². The summed E-state index contributed by atoms with van der Waals surface area (Å²) < 4.78 is 1.91. The summed E-state index contributed by atoms with van der Waals surface area (Å²) in [4.78, 5) is 24.1. The maximum absolute atomic E-state index is 12.5. The van der Waals surface area contributed by atoms with Crippen molar-refractivity contribution in [1.29, 1.82) is 0 Å². The average Bonchev–Trinajstić information content (AvgIpc) is 3.29. The van der Waals surface area contributed by atoms with E-state index in [1.807, 2.05) is 17.7 Å². The number of hydrogen-bond donors (Lipinski definition) is 2. The van der Waals surface area contributed by atoms with Crippen LogP contribution in [-0.4, -0.2) is 43.5 Å². The van der Waals surface area contributed by atoms with Crippen LogP contribution in [0.1, 0.15) is 36.8 Å². The Morgan fingerprint density at radius 1 is 1.22 bits per heavy atom. The fourth-order valence-electron chi connectivity index (χ4n) is 3.15. The first kappa shape index (κ1) is 17.2.